The van der Waals surface area contributed by atoms with Gasteiger partial charge in [0.25, 0.3) is 15.9 Å². The molecule has 1 aromatic rings. The second-order valence-electron chi connectivity index (χ2n) is 6.56. The molecular weight excluding hydrogens is 443 g/mol. The highest BCUT2D eigenvalue weighted by molar-refractivity contribution is 14.1. The summed E-state index contributed by atoms with van der Waals surface area (Å²) in [7, 11) is -3.87. The van der Waals surface area contributed by atoms with Gasteiger partial charge in [-0.05, 0) is 38.3 Å². The number of hydrogen-bond donors (Lipinski definition) is 1. The molecule has 1 heterocycles. The minimum absolute atomic E-state index is 0.00472. The van der Waals surface area contributed by atoms with E-state index in [-0.39, 0.29) is 8.83 Å². The molecule has 0 aliphatic carbocycles. The number of nitrogens with two attached hydrogens (primary N) is 1. The van der Waals surface area contributed by atoms with Crippen molar-refractivity contribution in [3.05, 3.63) is 41.5 Å². The van der Waals surface area contributed by atoms with Crippen LogP contribution in [0.3, 0.4) is 0 Å². The van der Waals surface area contributed by atoms with Gasteiger partial charge < -0.3 is 5.73 Å². The quantitative estimate of drug-likeness (QED) is 0.546. The molecule has 0 saturated heterocycles. The lowest BCUT2D eigenvalue weighted by atomic mass is 10.1. The van der Waals surface area contributed by atoms with Crippen LogP contribution in [0.25, 0.3) is 4.91 Å². The normalized spacial score (nSPS) is 18.4. The number of alkyl halides is 1. The number of carbonyl (C=O) groups excluding carboxylic acids is 2. The highest BCUT2D eigenvalue weighted by Crippen LogP contribution is 2.35. The number of rotatable bonds is 4. The van der Waals surface area contributed by atoms with Crippen LogP contribution in [-0.4, -0.2) is 34.0 Å². The monoisotopic (exact) mass is 462 g/mol. The maximum absolute atomic E-state index is 12.7. The van der Waals surface area contributed by atoms with Crippen molar-refractivity contribution in [3.8, 4) is 0 Å². The Morgan fingerprint density at radius 1 is 1.25 bits per heavy atom. The minimum atomic E-state index is -3.87. The molecule has 8 heteroatoms. The zero-order valence-electron chi connectivity index (χ0n) is 13.6. The van der Waals surface area contributed by atoms with Gasteiger partial charge >= 0.3 is 0 Å². The van der Waals surface area contributed by atoms with Crippen LogP contribution >= 0.6 is 22.6 Å². The molecule has 0 spiro atoms. The first-order valence-corrected chi connectivity index (χ1v) is 9.97. The number of halogens is 1. The van der Waals surface area contributed by atoms with Gasteiger partial charge in [-0.25, -0.2) is 12.7 Å². The number of benzene rings is 1. The molecule has 0 bridgehead atoms. The highest BCUT2D eigenvalue weighted by Gasteiger charge is 2.44. The molecule has 1 aromatic carbocycles. The lowest BCUT2D eigenvalue weighted by Gasteiger charge is -2.30. The number of hydrogen-bond acceptors (Lipinski definition) is 4. The van der Waals surface area contributed by atoms with E-state index in [9.17, 15) is 18.0 Å². The summed E-state index contributed by atoms with van der Waals surface area (Å²) in [5.74, 6) is -0.935. The molecule has 0 aromatic heterocycles. The summed E-state index contributed by atoms with van der Waals surface area (Å²) in [6.45, 7) is 5.02. The van der Waals surface area contributed by atoms with Crippen LogP contribution in [0.15, 0.2) is 30.3 Å². The molecular formula is C16H19IN2O4S. The molecule has 0 unspecified atom stereocenters. The van der Waals surface area contributed by atoms with Gasteiger partial charge in [0.15, 0.2) is 0 Å². The van der Waals surface area contributed by atoms with Crippen molar-refractivity contribution in [2.45, 2.75) is 36.7 Å². The van der Waals surface area contributed by atoms with Gasteiger partial charge in [-0.2, -0.15) is 0 Å². The predicted molar refractivity (Wildman–Crippen MR) is 101 cm³/mol. The van der Waals surface area contributed by atoms with E-state index >= 15 is 0 Å². The fraction of sp³-hybridized carbons (Fsp3) is 0.375. The number of carbonyl (C=O) groups is 2. The van der Waals surface area contributed by atoms with E-state index in [0.29, 0.717) is 12.0 Å². The summed E-state index contributed by atoms with van der Waals surface area (Å²) in [4.78, 5) is 23.2. The van der Waals surface area contributed by atoms with Crippen LogP contribution in [0.5, 0.6) is 0 Å². The number of sulfonamides is 1. The maximum atomic E-state index is 12.7. The summed E-state index contributed by atoms with van der Waals surface area (Å²) in [5, 5.41) is 0. The largest absolute Gasteiger partial charge is 0.369 e. The summed E-state index contributed by atoms with van der Waals surface area (Å²) in [5.41, 5.74) is 5.73. The molecule has 130 valence electrons. The number of primary amides is 1. The van der Waals surface area contributed by atoms with Crippen molar-refractivity contribution in [1.29, 1.82) is 0 Å². The first kappa shape index (κ1) is 18.9. The summed E-state index contributed by atoms with van der Waals surface area (Å²) < 4.78 is 25.9. The molecule has 2 rings (SSSR count). The van der Waals surface area contributed by atoms with Crippen LogP contribution < -0.4 is 5.73 Å². The fourth-order valence-corrected chi connectivity index (χ4v) is 4.90. The van der Waals surface area contributed by atoms with Gasteiger partial charge in [0, 0.05) is 6.08 Å². The van der Waals surface area contributed by atoms with Gasteiger partial charge in [0.05, 0.1) is 9.46 Å². The standard InChI is InChI=1S/C16H19IN2O4S/c1-16(2,3)19-14(20)9-13(24(19,22)23)11-6-4-10(5-7-11)8-12(17)15(18)21/h4-7,9,12H,8H2,1-3H3,(H2,18,21)/t12-/m0/s1. The van der Waals surface area contributed by atoms with Gasteiger partial charge in [-0.1, -0.05) is 46.9 Å². The van der Waals surface area contributed by atoms with E-state index in [1.807, 2.05) is 22.6 Å². The molecule has 1 atom stereocenters. The predicted octanol–water partition coefficient (Wildman–Crippen LogP) is 1.83. The second kappa shape index (κ2) is 6.47. The average Bonchev–Trinajstić information content (AvgIpc) is 2.68. The van der Waals surface area contributed by atoms with E-state index in [0.717, 1.165) is 15.9 Å². The molecule has 0 radical (unpaired) electrons. The van der Waals surface area contributed by atoms with Crippen molar-refractivity contribution in [2.24, 2.45) is 5.73 Å². The van der Waals surface area contributed by atoms with Crippen LogP contribution in [-0.2, 0) is 26.0 Å². The summed E-state index contributed by atoms with van der Waals surface area (Å²) in [6.07, 6.45) is 1.62. The van der Waals surface area contributed by atoms with Crippen molar-refractivity contribution in [1.82, 2.24) is 4.31 Å². The Balaban J connectivity index is 2.32. The lowest BCUT2D eigenvalue weighted by molar-refractivity contribution is -0.124. The summed E-state index contributed by atoms with van der Waals surface area (Å²) >= 11 is 1.97. The van der Waals surface area contributed by atoms with Crippen molar-refractivity contribution >= 4 is 49.3 Å². The van der Waals surface area contributed by atoms with E-state index in [1.165, 1.54) is 0 Å². The highest BCUT2D eigenvalue weighted by atomic mass is 127. The molecule has 0 saturated carbocycles. The summed E-state index contributed by atoms with van der Waals surface area (Å²) in [6, 6.07) is 6.76. The molecule has 1 aliphatic rings. The molecule has 1 aliphatic heterocycles. The van der Waals surface area contributed by atoms with E-state index < -0.39 is 27.4 Å². The molecule has 6 nitrogen and oxygen atoms in total. The second-order valence-corrected chi connectivity index (χ2v) is 9.82. The van der Waals surface area contributed by atoms with E-state index in [1.54, 1.807) is 45.0 Å². The zero-order valence-corrected chi connectivity index (χ0v) is 16.6. The van der Waals surface area contributed by atoms with Crippen LogP contribution in [0.1, 0.15) is 31.9 Å². The molecule has 2 N–H and O–H groups in total. The first-order chi connectivity index (χ1) is 10.9. The topological polar surface area (TPSA) is 97.5 Å². The number of nitrogens with zero attached hydrogens (tertiary/aromatic N) is 1. The Morgan fingerprint density at radius 3 is 2.21 bits per heavy atom. The van der Waals surface area contributed by atoms with Gasteiger partial charge in [0.1, 0.15) is 4.91 Å². The lowest BCUT2D eigenvalue weighted by Crippen LogP contribution is -2.45. The van der Waals surface area contributed by atoms with Crippen LogP contribution in [0.2, 0.25) is 0 Å². The first-order valence-electron chi connectivity index (χ1n) is 7.28. The third-order valence-electron chi connectivity index (χ3n) is 3.54. The fourth-order valence-electron chi connectivity index (χ4n) is 2.50. The SMILES string of the molecule is CC(C)(C)N1C(=O)C=C(c2ccc(C[C@H](I)C(N)=O)cc2)S1(=O)=O. The smallest absolute Gasteiger partial charge is 0.268 e. The molecule has 2 amide bonds. The zero-order chi connectivity index (χ0) is 18.3. The van der Waals surface area contributed by atoms with Gasteiger partial charge in [-0.3, -0.25) is 9.59 Å². The molecule has 0 fully saturated rings. The Labute approximate surface area is 155 Å². The Hall–Kier alpha value is -1.42. The van der Waals surface area contributed by atoms with Gasteiger partial charge in [0.2, 0.25) is 5.91 Å². The average molecular weight is 462 g/mol. The Kier molecular flexibility index (Phi) is 5.10. The molecule has 24 heavy (non-hydrogen) atoms. The van der Waals surface area contributed by atoms with Crippen molar-refractivity contribution in [2.75, 3.05) is 0 Å². The number of amides is 2. The Bertz CT molecular complexity index is 807. The third-order valence-corrected chi connectivity index (χ3v) is 6.72. The van der Waals surface area contributed by atoms with Gasteiger partial charge in [-0.15, -0.1) is 0 Å². The van der Waals surface area contributed by atoms with Crippen molar-refractivity contribution < 1.29 is 18.0 Å². The van der Waals surface area contributed by atoms with E-state index in [2.05, 4.69) is 0 Å². The van der Waals surface area contributed by atoms with Crippen LogP contribution in [0, 0.1) is 0 Å². The maximum Gasteiger partial charge on any atom is 0.268 e. The Morgan fingerprint density at radius 2 is 1.79 bits per heavy atom. The van der Waals surface area contributed by atoms with E-state index in [4.69, 9.17) is 5.73 Å². The minimum Gasteiger partial charge on any atom is -0.369 e. The third kappa shape index (κ3) is 3.64. The van der Waals surface area contributed by atoms with Crippen molar-refractivity contribution in [3.63, 3.8) is 0 Å². The van der Waals surface area contributed by atoms with Crippen LogP contribution in [0.4, 0.5) is 0 Å².